The van der Waals surface area contributed by atoms with Gasteiger partial charge in [0.25, 0.3) is 10.0 Å². The number of carbonyl (C=O) groups is 1. The molecular weight excluding hydrogens is 342 g/mol. The highest BCUT2D eigenvalue weighted by Gasteiger charge is 2.20. The van der Waals surface area contributed by atoms with Crippen LogP contribution >= 0.6 is 0 Å². The molecule has 1 heterocycles. The third-order valence-electron chi connectivity index (χ3n) is 3.64. The maximum atomic E-state index is 12.2. The Balaban J connectivity index is 1.78. The van der Waals surface area contributed by atoms with E-state index in [4.69, 9.17) is 9.68 Å². The Hall–Kier alpha value is -3.15. The number of benzene rings is 2. The predicted octanol–water partition coefficient (Wildman–Crippen LogP) is 2.24. The van der Waals surface area contributed by atoms with Crippen LogP contribution in [0.25, 0.3) is 11.0 Å². The summed E-state index contributed by atoms with van der Waals surface area (Å²) in [5.41, 5.74) is 3.62. The summed E-state index contributed by atoms with van der Waals surface area (Å²) in [4.78, 5) is 14.2. The van der Waals surface area contributed by atoms with Crippen LogP contribution in [0, 0.1) is 18.3 Å². The second-order valence-electron chi connectivity index (χ2n) is 5.25. The molecule has 0 unspecified atom stereocenters. The number of nitrogens with zero attached hydrogens (tertiary/aromatic N) is 1. The van der Waals surface area contributed by atoms with E-state index in [1.54, 1.807) is 19.1 Å². The topological polar surface area (TPSA) is 112 Å². The lowest BCUT2D eigenvalue weighted by molar-refractivity contribution is 0.0918. The van der Waals surface area contributed by atoms with Crippen molar-refractivity contribution < 1.29 is 17.6 Å². The first-order valence-corrected chi connectivity index (χ1v) is 8.71. The number of furan rings is 1. The Morgan fingerprint density at radius 1 is 1.12 bits per heavy atom. The fraction of sp³-hybridized carbons (Fsp3) is 0.0588. The largest absolute Gasteiger partial charge is 0.451 e. The van der Waals surface area contributed by atoms with Crippen molar-refractivity contribution in [3.63, 3.8) is 0 Å². The zero-order valence-corrected chi connectivity index (χ0v) is 13.9. The average molecular weight is 355 g/mol. The van der Waals surface area contributed by atoms with Gasteiger partial charge in [-0.25, -0.2) is 8.42 Å². The van der Waals surface area contributed by atoms with Gasteiger partial charge in [-0.1, -0.05) is 18.2 Å². The van der Waals surface area contributed by atoms with Gasteiger partial charge in [-0.15, -0.1) is 4.83 Å². The number of hydrogen-bond acceptors (Lipinski definition) is 5. The van der Waals surface area contributed by atoms with E-state index in [1.807, 2.05) is 23.0 Å². The maximum absolute atomic E-state index is 12.2. The fourth-order valence-electron chi connectivity index (χ4n) is 2.33. The number of rotatable bonds is 4. The normalized spacial score (nSPS) is 11.2. The fourth-order valence-corrected chi connectivity index (χ4v) is 3.17. The molecule has 7 nitrogen and oxygen atoms in total. The molecule has 0 spiro atoms. The SMILES string of the molecule is Cc1c(C(=O)NNS(=O)(=O)c2ccc(C#N)cc2)oc2ccccc12. The standard InChI is InChI=1S/C17H13N3O4S/c1-11-14-4-2-3-5-15(14)24-16(11)17(21)19-20-25(22,23)13-8-6-12(10-18)7-9-13/h2-9,20H,1H3,(H,19,21). The average Bonchev–Trinajstić information content (AvgIpc) is 2.97. The van der Waals surface area contributed by atoms with Gasteiger partial charge < -0.3 is 4.42 Å². The molecule has 0 saturated carbocycles. The van der Waals surface area contributed by atoms with Crippen molar-refractivity contribution in [2.24, 2.45) is 0 Å². The number of aryl methyl sites for hydroxylation is 1. The molecule has 2 aromatic carbocycles. The smallest absolute Gasteiger partial charge is 0.302 e. The van der Waals surface area contributed by atoms with Gasteiger partial charge >= 0.3 is 5.91 Å². The molecule has 0 radical (unpaired) electrons. The number of sulfonamides is 1. The molecule has 3 rings (SSSR count). The number of nitrogens with one attached hydrogen (secondary N) is 2. The maximum Gasteiger partial charge on any atom is 0.302 e. The van der Waals surface area contributed by atoms with Crippen LogP contribution < -0.4 is 10.3 Å². The van der Waals surface area contributed by atoms with E-state index in [2.05, 4.69) is 5.43 Å². The Labute approximate surface area is 143 Å². The Morgan fingerprint density at radius 2 is 1.80 bits per heavy atom. The number of hydrazine groups is 1. The minimum absolute atomic E-state index is 0.0312. The van der Waals surface area contributed by atoms with Gasteiger partial charge in [-0.3, -0.25) is 10.2 Å². The molecule has 0 aliphatic rings. The van der Waals surface area contributed by atoms with Gasteiger partial charge in [0.1, 0.15) is 5.58 Å². The summed E-state index contributed by atoms with van der Waals surface area (Å²) in [6.45, 7) is 1.72. The van der Waals surface area contributed by atoms with Crippen molar-refractivity contribution in [3.05, 3.63) is 65.4 Å². The van der Waals surface area contributed by atoms with Crippen molar-refractivity contribution in [2.45, 2.75) is 11.8 Å². The minimum atomic E-state index is -3.96. The molecule has 8 heteroatoms. The van der Waals surface area contributed by atoms with Crippen molar-refractivity contribution in [2.75, 3.05) is 0 Å². The lowest BCUT2D eigenvalue weighted by Crippen LogP contribution is -2.41. The highest BCUT2D eigenvalue weighted by molar-refractivity contribution is 7.89. The van der Waals surface area contributed by atoms with E-state index in [9.17, 15) is 13.2 Å². The molecule has 126 valence electrons. The summed E-state index contributed by atoms with van der Waals surface area (Å²) < 4.78 is 29.8. The van der Waals surface area contributed by atoms with E-state index < -0.39 is 15.9 Å². The molecule has 0 fully saturated rings. The Kier molecular flexibility index (Phi) is 4.27. The molecule has 0 atom stereocenters. The third kappa shape index (κ3) is 3.24. The zero-order valence-electron chi connectivity index (χ0n) is 13.1. The van der Waals surface area contributed by atoms with Crippen molar-refractivity contribution in [3.8, 4) is 6.07 Å². The summed E-state index contributed by atoms with van der Waals surface area (Å²) >= 11 is 0. The Bertz CT molecular complexity index is 1090. The molecular formula is C17H13N3O4S. The molecule has 0 bridgehead atoms. The van der Waals surface area contributed by atoms with Crippen LogP contribution in [0.15, 0.2) is 57.8 Å². The Morgan fingerprint density at radius 3 is 2.44 bits per heavy atom. The summed E-state index contributed by atoms with van der Waals surface area (Å²) in [6.07, 6.45) is 0. The van der Waals surface area contributed by atoms with Gasteiger partial charge in [-0.2, -0.15) is 5.26 Å². The van der Waals surface area contributed by atoms with Crippen LogP contribution in [0.5, 0.6) is 0 Å². The highest BCUT2D eigenvalue weighted by atomic mass is 32.2. The van der Waals surface area contributed by atoms with E-state index in [-0.39, 0.29) is 10.7 Å². The predicted molar refractivity (Wildman–Crippen MR) is 89.9 cm³/mol. The second kappa shape index (κ2) is 6.39. The van der Waals surface area contributed by atoms with Gasteiger partial charge in [0, 0.05) is 10.9 Å². The van der Waals surface area contributed by atoms with Crippen LogP contribution in [-0.2, 0) is 10.0 Å². The molecule has 1 amide bonds. The second-order valence-corrected chi connectivity index (χ2v) is 6.93. The number of amides is 1. The van der Waals surface area contributed by atoms with Gasteiger partial charge in [0.05, 0.1) is 16.5 Å². The number of nitriles is 1. The van der Waals surface area contributed by atoms with Crippen LogP contribution in [0.1, 0.15) is 21.7 Å². The molecule has 0 aliphatic carbocycles. The first-order valence-electron chi connectivity index (χ1n) is 7.23. The van der Waals surface area contributed by atoms with Crippen LogP contribution in [0.3, 0.4) is 0 Å². The molecule has 1 aromatic heterocycles. The van der Waals surface area contributed by atoms with Crippen molar-refractivity contribution in [1.82, 2.24) is 10.3 Å². The summed E-state index contributed by atoms with van der Waals surface area (Å²) in [5.74, 6) is -0.672. The lowest BCUT2D eigenvalue weighted by Gasteiger charge is -2.07. The molecule has 0 aliphatic heterocycles. The molecule has 2 N–H and O–H groups in total. The van der Waals surface area contributed by atoms with Gasteiger partial charge in [0.2, 0.25) is 0 Å². The first-order chi connectivity index (χ1) is 11.9. The number of carbonyl (C=O) groups excluding carboxylic acids is 1. The zero-order chi connectivity index (χ0) is 18.0. The van der Waals surface area contributed by atoms with Gasteiger partial charge in [0.15, 0.2) is 5.76 Å². The van der Waals surface area contributed by atoms with E-state index in [0.29, 0.717) is 16.7 Å². The summed E-state index contributed by atoms with van der Waals surface area (Å²) in [5, 5.41) is 9.52. The van der Waals surface area contributed by atoms with E-state index in [0.717, 1.165) is 5.39 Å². The van der Waals surface area contributed by atoms with Crippen LogP contribution in [0.4, 0.5) is 0 Å². The van der Waals surface area contributed by atoms with E-state index >= 15 is 0 Å². The van der Waals surface area contributed by atoms with Crippen LogP contribution in [-0.4, -0.2) is 14.3 Å². The van der Waals surface area contributed by atoms with Crippen LogP contribution in [0.2, 0.25) is 0 Å². The quantitative estimate of drug-likeness (QED) is 0.697. The minimum Gasteiger partial charge on any atom is -0.451 e. The summed E-state index contributed by atoms with van der Waals surface area (Å²) in [7, 11) is -3.96. The van der Waals surface area contributed by atoms with Crippen molar-refractivity contribution in [1.29, 1.82) is 5.26 Å². The molecule has 25 heavy (non-hydrogen) atoms. The first kappa shape index (κ1) is 16.7. The highest BCUT2D eigenvalue weighted by Crippen LogP contribution is 2.24. The van der Waals surface area contributed by atoms with Crippen molar-refractivity contribution >= 4 is 26.9 Å². The van der Waals surface area contributed by atoms with Gasteiger partial charge in [-0.05, 0) is 37.3 Å². The molecule has 3 aromatic rings. The number of para-hydroxylation sites is 1. The number of hydrogen-bond donors (Lipinski definition) is 2. The lowest BCUT2D eigenvalue weighted by atomic mass is 10.1. The molecule has 0 saturated heterocycles. The van der Waals surface area contributed by atoms with E-state index in [1.165, 1.54) is 24.3 Å². The number of fused-ring (bicyclic) bond motifs is 1. The monoisotopic (exact) mass is 355 g/mol. The summed E-state index contributed by atoms with van der Waals surface area (Å²) in [6, 6.07) is 14.3. The third-order valence-corrected chi connectivity index (χ3v) is 4.91.